The van der Waals surface area contributed by atoms with Crippen LogP contribution in [-0.2, 0) is 0 Å². The van der Waals surface area contributed by atoms with Crippen LogP contribution in [0, 0.1) is 6.92 Å². The third kappa shape index (κ3) is 3.15. The summed E-state index contributed by atoms with van der Waals surface area (Å²) in [6.45, 7) is 2.48. The molecule has 1 saturated heterocycles. The Labute approximate surface area is 140 Å². The molecule has 1 aromatic heterocycles. The summed E-state index contributed by atoms with van der Waals surface area (Å²) in [5.41, 5.74) is 1.02. The van der Waals surface area contributed by atoms with E-state index in [2.05, 4.69) is 10.5 Å². The van der Waals surface area contributed by atoms with Gasteiger partial charge in [-0.25, -0.2) is 4.79 Å². The molecule has 1 aromatic carbocycles. The SMILES string of the molecule is COc1ccc([C@H]2CCCN2C(=O)Nc2cc(C)on2)cc1OC. The summed E-state index contributed by atoms with van der Waals surface area (Å²) < 4.78 is 15.6. The van der Waals surface area contributed by atoms with E-state index in [0.717, 1.165) is 18.4 Å². The smallest absolute Gasteiger partial charge is 0.323 e. The number of rotatable bonds is 4. The molecule has 7 heteroatoms. The average Bonchev–Trinajstić information content (AvgIpc) is 3.23. The maximum absolute atomic E-state index is 12.6. The molecule has 2 amide bonds. The molecule has 0 saturated carbocycles. The molecule has 0 aliphatic carbocycles. The molecule has 3 rings (SSSR count). The molecule has 1 N–H and O–H groups in total. The standard InChI is InChI=1S/C17H21N3O4/c1-11-9-16(19-24-11)18-17(21)20-8-4-5-13(20)12-6-7-14(22-2)15(10-12)23-3/h6-7,9-10,13H,4-5,8H2,1-3H3,(H,18,19,21)/t13-/m1/s1. The van der Waals surface area contributed by atoms with Crippen LogP contribution in [0.15, 0.2) is 28.8 Å². The molecule has 24 heavy (non-hydrogen) atoms. The van der Waals surface area contributed by atoms with E-state index in [9.17, 15) is 4.79 Å². The van der Waals surface area contributed by atoms with Gasteiger partial charge in [0, 0.05) is 12.6 Å². The molecule has 128 valence electrons. The van der Waals surface area contributed by atoms with Crippen LogP contribution in [0.2, 0.25) is 0 Å². The molecular formula is C17H21N3O4. The monoisotopic (exact) mass is 331 g/mol. The van der Waals surface area contributed by atoms with Gasteiger partial charge in [0.2, 0.25) is 0 Å². The second-order valence-electron chi connectivity index (χ2n) is 5.72. The lowest BCUT2D eigenvalue weighted by molar-refractivity contribution is 0.206. The third-order valence-electron chi connectivity index (χ3n) is 4.17. The van der Waals surface area contributed by atoms with Crippen LogP contribution in [0.1, 0.15) is 30.2 Å². The first-order chi connectivity index (χ1) is 11.6. The van der Waals surface area contributed by atoms with Crippen molar-refractivity contribution in [3.05, 3.63) is 35.6 Å². The number of ether oxygens (including phenoxy) is 2. The number of anilines is 1. The molecule has 1 aliphatic heterocycles. The van der Waals surface area contributed by atoms with Crippen molar-refractivity contribution in [1.29, 1.82) is 0 Å². The minimum absolute atomic E-state index is 0.00203. The summed E-state index contributed by atoms with van der Waals surface area (Å²) in [6, 6.07) is 7.27. The number of nitrogens with one attached hydrogen (secondary N) is 1. The van der Waals surface area contributed by atoms with E-state index in [1.54, 1.807) is 27.2 Å². The van der Waals surface area contributed by atoms with E-state index in [1.807, 2.05) is 23.1 Å². The Morgan fingerprint density at radius 1 is 1.29 bits per heavy atom. The highest BCUT2D eigenvalue weighted by molar-refractivity contribution is 5.88. The van der Waals surface area contributed by atoms with Crippen LogP contribution in [0.5, 0.6) is 11.5 Å². The maximum Gasteiger partial charge on any atom is 0.323 e. The number of methoxy groups -OCH3 is 2. The van der Waals surface area contributed by atoms with Crippen LogP contribution >= 0.6 is 0 Å². The first-order valence-corrected chi connectivity index (χ1v) is 7.85. The number of urea groups is 1. The van der Waals surface area contributed by atoms with Gasteiger partial charge >= 0.3 is 6.03 Å². The highest BCUT2D eigenvalue weighted by atomic mass is 16.5. The number of aryl methyl sites for hydroxylation is 1. The van der Waals surface area contributed by atoms with Crippen molar-refractivity contribution in [3.63, 3.8) is 0 Å². The van der Waals surface area contributed by atoms with Gasteiger partial charge < -0.3 is 18.9 Å². The van der Waals surface area contributed by atoms with Crippen LogP contribution < -0.4 is 14.8 Å². The summed E-state index contributed by atoms with van der Waals surface area (Å²) in [5.74, 6) is 2.42. The zero-order valence-electron chi connectivity index (χ0n) is 14.0. The maximum atomic E-state index is 12.6. The molecule has 1 atom stereocenters. The number of carbonyl (C=O) groups is 1. The number of nitrogens with zero attached hydrogens (tertiary/aromatic N) is 2. The molecule has 7 nitrogen and oxygen atoms in total. The molecule has 2 aromatic rings. The van der Waals surface area contributed by atoms with Crippen molar-refractivity contribution in [2.24, 2.45) is 0 Å². The van der Waals surface area contributed by atoms with Crippen molar-refractivity contribution in [2.45, 2.75) is 25.8 Å². The van der Waals surface area contributed by atoms with Crippen LogP contribution in [-0.4, -0.2) is 36.9 Å². The Balaban J connectivity index is 1.78. The molecular weight excluding hydrogens is 310 g/mol. The molecule has 2 heterocycles. The summed E-state index contributed by atoms with van der Waals surface area (Å²) in [5, 5.41) is 6.59. The molecule has 1 aliphatic rings. The Bertz CT molecular complexity index is 728. The van der Waals surface area contributed by atoms with Gasteiger partial charge in [0.05, 0.1) is 20.3 Å². The lowest BCUT2D eigenvalue weighted by Crippen LogP contribution is -2.34. The van der Waals surface area contributed by atoms with E-state index in [-0.39, 0.29) is 12.1 Å². The lowest BCUT2D eigenvalue weighted by Gasteiger charge is -2.25. The Hall–Kier alpha value is -2.70. The molecule has 0 unspecified atom stereocenters. The van der Waals surface area contributed by atoms with Gasteiger partial charge in [-0.3, -0.25) is 5.32 Å². The molecule has 0 radical (unpaired) electrons. The van der Waals surface area contributed by atoms with E-state index < -0.39 is 0 Å². The second-order valence-corrected chi connectivity index (χ2v) is 5.72. The van der Waals surface area contributed by atoms with Crippen molar-refractivity contribution < 1.29 is 18.8 Å². The van der Waals surface area contributed by atoms with Crippen molar-refractivity contribution in [2.75, 3.05) is 26.1 Å². The summed E-state index contributed by atoms with van der Waals surface area (Å²) in [7, 11) is 3.21. The number of benzene rings is 1. The molecule has 0 spiro atoms. The predicted octanol–water partition coefficient (Wildman–Crippen LogP) is 3.37. The minimum atomic E-state index is -0.180. The fraction of sp³-hybridized carbons (Fsp3) is 0.412. The number of likely N-dealkylation sites (tertiary alicyclic amines) is 1. The topological polar surface area (TPSA) is 76.8 Å². The van der Waals surface area contributed by atoms with E-state index in [4.69, 9.17) is 14.0 Å². The Kier molecular flexibility index (Phi) is 4.59. The first kappa shape index (κ1) is 16.2. The highest BCUT2D eigenvalue weighted by Gasteiger charge is 2.31. The number of amides is 2. The number of hydrogen-bond donors (Lipinski definition) is 1. The van der Waals surface area contributed by atoms with Crippen molar-refractivity contribution >= 4 is 11.8 Å². The van der Waals surface area contributed by atoms with Crippen LogP contribution in [0.25, 0.3) is 0 Å². The van der Waals surface area contributed by atoms with Gasteiger partial charge in [-0.1, -0.05) is 11.2 Å². The average molecular weight is 331 g/mol. The van der Waals surface area contributed by atoms with Gasteiger partial charge in [0.25, 0.3) is 0 Å². The van der Waals surface area contributed by atoms with Crippen molar-refractivity contribution in [3.8, 4) is 11.5 Å². The van der Waals surface area contributed by atoms with Gasteiger partial charge in [0.1, 0.15) is 5.76 Å². The van der Waals surface area contributed by atoms with Crippen LogP contribution in [0.3, 0.4) is 0 Å². The summed E-state index contributed by atoms with van der Waals surface area (Å²) >= 11 is 0. The van der Waals surface area contributed by atoms with Crippen molar-refractivity contribution in [1.82, 2.24) is 10.1 Å². The van der Waals surface area contributed by atoms with Gasteiger partial charge in [-0.15, -0.1) is 0 Å². The third-order valence-corrected chi connectivity index (χ3v) is 4.17. The van der Waals surface area contributed by atoms with Gasteiger partial charge in [-0.2, -0.15) is 0 Å². The summed E-state index contributed by atoms with van der Waals surface area (Å²) in [6.07, 6.45) is 1.85. The number of hydrogen-bond acceptors (Lipinski definition) is 5. The highest BCUT2D eigenvalue weighted by Crippen LogP contribution is 2.37. The normalized spacial score (nSPS) is 17.0. The quantitative estimate of drug-likeness (QED) is 0.929. The minimum Gasteiger partial charge on any atom is -0.493 e. The van der Waals surface area contributed by atoms with Crippen LogP contribution in [0.4, 0.5) is 10.6 Å². The predicted molar refractivity (Wildman–Crippen MR) is 88.5 cm³/mol. The second kappa shape index (κ2) is 6.82. The largest absolute Gasteiger partial charge is 0.493 e. The van der Waals surface area contributed by atoms with Gasteiger partial charge in [-0.05, 0) is 37.5 Å². The molecule has 0 bridgehead atoms. The Morgan fingerprint density at radius 2 is 2.08 bits per heavy atom. The molecule has 1 fully saturated rings. The number of carbonyl (C=O) groups excluding carboxylic acids is 1. The zero-order chi connectivity index (χ0) is 17.1. The fourth-order valence-electron chi connectivity index (χ4n) is 3.02. The first-order valence-electron chi connectivity index (χ1n) is 7.85. The van der Waals surface area contributed by atoms with E-state index in [0.29, 0.717) is 29.6 Å². The fourth-order valence-corrected chi connectivity index (χ4v) is 3.02. The lowest BCUT2D eigenvalue weighted by atomic mass is 10.0. The zero-order valence-corrected chi connectivity index (χ0v) is 14.0. The Morgan fingerprint density at radius 3 is 2.75 bits per heavy atom. The van der Waals surface area contributed by atoms with E-state index >= 15 is 0 Å². The van der Waals surface area contributed by atoms with Gasteiger partial charge in [0.15, 0.2) is 17.3 Å². The number of aromatic nitrogens is 1. The van der Waals surface area contributed by atoms with E-state index in [1.165, 1.54) is 0 Å². The summed E-state index contributed by atoms with van der Waals surface area (Å²) in [4.78, 5) is 14.4.